The molecule has 0 amide bonds. The minimum Gasteiger partial charge on any atom is -0.493 e. The molecule has 0 aromatic heterocycles. The van der Waals surface area contributed by atoms with Crippen LogP contribution in [0.25, 0.3) is 0 Å². The molecule has 0 spiro atoms. The maximum Gasteiger partial charge on any atom is 0.387 e. The van der Waals surface area contributed by atoms with Crippen molar-refractivity contribution >= 4 is 27.7 Å². The fourth-order valence-electron chi connectivity index (χ4n) is 4.19. The fraction of sp³-hybridized carbons (Fsp3) is 0.684. The van der Waals surface area contributed by atoms with Crippen molar-refractivity contribution in [3.63, 3.8) is 0 Å². The van der Waals surface area contributed by atoms with Crippen LogP contribution in [-0.2, 0) is 6.54 Å². The Morgan fingerprint density at radius 3 is 2.59 bits per heavy atom. The first kappa shape index (κ1) is 21.1. The second-order valence-corrected chi connectivity index (χ2v) is 9.20. The standard InChI is InChI=1S/C19H27BrF2N2O2S/c1-25-16-11-14(10-15(20)17(16)26-18(21)22)12-23-13-19(4-2-3-5-19)24-6-8-27-9-7-24/h10-11,18,23H,2-9,12-13H2,1H3. The largest absolute Gasteiger partial charge is 0.493 e. The van der Waals surface area contributed by atoms with E-state index in [4.69, 9.17) is 4.74 Å². The molecule has 0 unspecified atom stereocenters. The van der Waals surface area contributed by atoms with E-state index in [0.717, 1.165) is 12.1 Å². The molecule has 0 atom stereocenters. The molecular weight excluding hydrogens is 438 g/mol. The zero-order valence-corrected chi connectivity index (χ0v) is 18.0. The zero-order valence-electron chi connectivity index (χ0n) is 15.6. The first-order valence-corrected chi connectivity index (χ1v) is 11.3. The van der Waals surface area contributed by atoms with E-state index in [-0.39, 0.29) is 11.3 Å². The van der Waals surface area contributed by atoms with Crippen molar-refractivity contribution in [1.29, 1.82) is 0 Å². The van der Waals surface area contributed by atoms with Gasteiger partial charge in [0, 0.05) is 43.2 Å². The highest BCUT2D eigenvalue weighted by molar-refractivity contribution is 9.10. The molecule has 0 radical (unpaired) electrons. The van der Waals surface area contributed by atoms with Gasteiger partial charge in [-0.25, -0.2) is 0 Å². The lowest BCUT2D eigenvalue weighted by Gasteiger charge is -2.43. The van der Waals surface area contributed by atoms with Crippen molar-refractivity contribution in [3.05, 3.63) is 22.2 Å². The summed E-state index contributed by atoms with van der Waals surface area (Å²) in [7, 11) is 1.46. The van der Waals surface area contributed by atoms with E-state index >= 15 is 0 Å². The molecule has 1 saturated carbocycles. The number of alkyl halides is 2. The third-order valence-corrected chi connectivity index (χ3v) is 7.03. The molecule has 1 saturated heterocycles. The molecule has 0 bridgehead atoms. The predicted octanol–water partition coefficient (Wildman–Crippen LogP) is 4.51. The van der Waals surface area contributed by atoms with Gasteiger partial charge in [0.25, 0.3) is 0 Å². The van der Waals surface area contributed by atoms with Gasteiger partial charge in [-0.3, -0.25) is 4.90 Å². The summed E-state index contributed by atoms with van der Waals surface area (Å²) in [4.78, 5) is 2.68. The lowest BCUT2D eigenvalue weighted by Crippen LogP contribution is -2.55. The topological polar surface area (TPSA) is 33.7 Å². The van der Waals surface area contributed by atoms with Crippen LogP contribution in [0.15, 0.2) is 16.6 Å². The summed E-state index contributed by atoms with van der Waals surface area (Å²) in [5, 5.41) is 3.61. The average molecular weight is 465 g/mol. The third kappa shape index (κ3) is 5.28. The highest BCUT2D eigenvalue weighted by atomic mass is 79.9. The second-order valence-electron chi connectivity index (χ2n) is 7.12. The maximum atomic E-state index is 12.6. The van der Waals surface area contributed by atoms with Crippen LogP contribution in [0.2, 0.25) is 0 Å². The fourth-order valence-corrected chi connectivity index (χ4v) is 5.68. The molecule has 1 heterocycles. The van der Waals surface area contributed by atoms with Crippen LogP contribution in [0, 0.1) is 0 Å². The number of benzene rings is 1. The van der Waals surface area contributed by atoms with Crippen molar-refractivity contribution in [2.75, 3.05) is 38.2 Å². The normalized spacial score (nSPS) is 20.2. The first-order chi connectivity index (χ1) is 13.0. The monoisotopic (exact) mass is 464 g/mol. The van der Waals surface area contributed by atoms with Gasteiger partial charge in [-0.2, -0.15) is 20.5 Å². The smallest absolute Gasteiger partial charge is 0.387 e. The number of ether oxygens (including phenoxy) is 2. The number of thioether (sulfide) groups is 1. The number of hydrogen-bond acceptors (Lipinski definition) is 5. The Balaban J connectivity index is 1.64. The van der Waals surface area contributed by atoms with Gasteiger partial charge in [-0.1, -0.05) is 12.8 Å². The number of halogens is 3. The van der Waals surface area contributed by atoms with Crippen LogP contribution in [0.1, 0.15) is 31.2 Å². The van der Waals surface area contributed by atoms with Gasteiger partial charge in [-0.15, -0.1) is 0 Å². The molecule has 1 aliphatic carbocycles. The summed E-state index contributed by atoms with van der Waals surface area (Å²) in [5.74, 6) is 2.79. The molecule has 1 aromatic rings. The van der Waals surface area contributed by atoms with Crippen molar-refractivity contribution in [2.24, 2.45) is 0 Å². The molecule has 1 aliphatic heterocycles. The molecule has 2 aliphatic rings. The Morgan fingerprint density at radius 2 is 1.96 bits per heavy atom. The van der Waals surface area contributed by atoms with Gasteiger partial charge in [0.1, 0.15) is 0 Å². The average Bonchev–Trinajstić information content (AvgIpc) is 3.14. The Bertz CT molecular complexity index is 624. The molecule has 1 N–H and O–H groups in total. The molecule has 3 rings (SSSR count). The van der Waals surface area contributed by atoms with Gasteiger partial charge in [0.05, 0.1) is 11.6 Å². The lowest BCUT2D eigenvalue weighted by molar-refractivity contribution is -0.0517. The Hall–Kier alpha value is -0.570. The minimum atomic E-state index is -2.89. The lowest BCUT2D eigenvalue weighted by atomic mass is 9.94. The summed E-state index contributed by atoms with van der Waals surface area (Å²) in [6.07, 6.45) is 5.09. The van der Waals surface area contributed by atoms with E-state index < -0.39 is 6.61 Å². The van der Waals surface area contributed by atoms with Crippen LogP contribution < -0.4 is 14.8 Å². The molecule has 8 heteroatoms. The van der Waals surface area contributed by atoms with Crippen molar-refractivity contribution in [2.45, 2.75) is 44.4 Å². The van der Waals surface area contributed by atoms with E-state index in [1.165, 1.54) is 57.4 Å². The highest BCUT2D eigenvalue weighted by Crippen LogP contribution is 2.38. The van der Waals surface area contributed by atoms with Crippen molar-refractivity contribution in [1.82, 2.24) is 10.2 Å². The Labute approximate surface area is 172 Å². The quantitative estimate of drug-likeness (QED) is 0.611. The van der Waals surface area contributed by atoms with Gasteiger partial charge in [0.15, 0.2) is 11.5 Å². The molecule has 27 heavy (non-hydrogen) atoms. The van der Waals surface area contributed by atoms with Crippen molar-refractivity contribution in [3.8, 4) is 11.5 Å². The van der Waals surface area contributed by atoms with Crippen LogP contribution in [0.3, 0.4) is 0 Å². The van der Waals surface area contributed by atoms with Crippen LogP contribution in [0.5, 0.6) is 11.5 Å². The van der Waals surface area contributed by atoms with Crippen molar-refractivity contribution < 1.29 is 18.3 Å². The van der Waals surface area contributed by atoms with Crippen LogP contribution in [-0.4, -0.2) is 55.3 Å². The van der Waals surface area contributed by atoms with Gasteiger partial charge in [-0.05, 0) is 46.5 Å². The third-order valence-electron chi connectivity index (χ3n) is 5.50. The van der Waals surface area contributed by atoms with Gasteiger partial charge >= 0.3 is 6.61 Å². The number of rotatable bonds is 8. The summed E-state index contributed by atoms with van der Waals surface area (Å²) in [6.45, 7) is 1.07. The Morgan fingerprint density at radius 1 is 1.26 bits per heavy atom. The van der Waals surface area contributed by atoms with E-state index in [1.54, 1.807) is 6.07 Å². The summed E-state index contributed by atoms with van der Waals surface area (Å²) < 4.78 is 35.5. The van der Waals surface area contributed by atoms with Crippen LogP contribution >= 0.6 is 27.7 Å². The first-order valence-electron chi connectivity index (χ1n) is 9.39. The SMILES string of the molecule is COc1cc(CNCC2(N3CCSCC3)CCCC2)cc(Br)c1OC(F)F. The van der Waals surface area contributed by atoms with E-state index in [9.17, 15) is 8.78 Å². The number of methoxy groups -OCH3 is 1. The second kappa shape index (κ2) is 9.76. The van der Waals surface area contributed by atoms with Crippen LogP contribution in [0.4, 0.5) is 8.78 Å². The molecular formula is C19H27BrF2N2O2S. The maximum absolute atomic E-state index is 12.6. The number of hydrogen-bond donors (Lipinski definition) is 1. The highest BCUT2D eigenvalue weighted by Gasteiger charge is 2.39. The van der Waals surface area contributed by atoms with E-state index in [2.05, 4.69) is 30.9 Å². The zero-order chi connectivity index (χ0) is 19.3. The van der Waals surface area contributed by atoms with E-state index in [1.807, 2.05) is 17.8 Å². The van der Waals surface area contributed by atoms with E-state index in [0.29, 0.717) is 16.8 Å². The molecule has 152 valence electrons. The summed E-state index contributed by atoms with van der Waals surface area (Å²) in [6, 6.07) is 3.57. The Kier molecular flexibility index (Phi) is 7.65. The molecule has 1 aromatic carbocycles. The van der Waals surface area contributed by atoms with Gasteiger partial charge < -0.3 is 14.8 Å². The summed E-state index contributed by atoms with van der Waals surface area (Å²) >= 11 is 5.36. The molecule has 2 fully saturated rings. The summed E-state index contributed by atoms with van der Waals surface area (Å²) in [5.41, 5.74) is 1.24. The number of nitrogens with zero attached hydrogens (tertiary/aromatic N) is 1. The molecule has 4 nitrogen and oxygen atoms in total. The minimum absolute atomic E-state index is 0.0364. The number of nitrogens with one attached hydrogen (secondary N) is 1. The predicted molar refractivity (Wildman–Crippen MR) is 109 cm³/mol. The van der Waals surface area contributed by atoms with Gasteiger partial charge in [0.2, 0.25) is 0 Å².